The van der Waals surface area contributed by atoms with E-state index in [1.165, 1.54) is 64.2 Å². The van der Waals surface area contributed by atoms with Crippen LogP contribution in [0.4, 0.5) is 0 Å². The van der Waals surface area contributed by atoms with Gasteiger partial charge in [0.1, 0.15) is 28.2 Å². The predicted octanol–water partition coefficient (Wildman–Crippen LogP) is 7.02. The Labute approximate surface area is 225 Å². The van der Waals surface area contributed by atoms with Gasteiger partial charge in [-0.15, -0.1) is 0 Å². The van der Waals surface area contributed by atoms with Gasteiger partial charge in [0.15, 0.2) is 16.9 Å². The van der Waals surface area contributed by atoms with Crippen LogP contribution in [0.2, 0.25) is 0 Å². The van der Waals surface area contributed by atoms with Crippen LogP contribution < -0.4 is 19.6 Å². The van der Waals surface area contributed by atoms with Gasteiger partial charge in [0.2, 0.25) is 0 Å². The van der Waals surface area contributed by atoms with Gasteiger partial charge in [-0.1, -0.05) is 57.8 Å². The van der Waals surface area contributed by atoms with Gasteiger partial charge in [-0.25, -0.2) is 0 Å². The molecular formula is C31H42O7. The second-order valence-corrected chi connectivity index (χ2v) is 9.69. The Balaban J connectivity index is 1.66. The third-order valence-corrected chi connectivity index (χ3v) is 7.01. The Bertz CT molecular complexity index is 1220. The summed E-state index contributed by atoms with van der Waals surface area (Å²) in [4.78, 5) is 13.2. The van der Waals surface area contributed by atoms with Crippen molar-refractivity contribution in [3.63, 3.8) is 0 Å². The SMILES string of the molecule is COc1cc(-c2cc(=O)c3c(OC)c(CCCCCCCCCCCCCO)c(OC)cc3o2)ccc1O. The lowest BCUT2D eigenvalue weighted by Gasteiger charge is -2.16. The molecule has 2 N–H and O–H groups in total. The lowest BCUT2D eigenvalue weighted by Crippen LogP contribution is -2.06. The summed E-state index contributed by atoms with van der Waals surface area (Å²) in [7, 11) is 4.65. The molecule has 7 heteroatoms. The van der Waals surface area contributed by atoms with Crippen LogP contribution in [-0.4, -0.2) is 38.1 Å². The number of rotatable bonds is 17. The summed E-state index contributed by atoms with van der Waals surface area (Å²) in [6.45, 7) is 0.308. The molecule has 0 saturated carbocycles. The van der Waals surface area contributed by atoms with E-state index in [4.69, 9.17) is 23.7 Å². The molecule has 0 fully saturated rings. The van der Waals surface area contributed by atoms with Crippen LogP contribution >= 0.6 is 0 Å². The third-order valence-electron chi connectivity index (χ3n) is 7.01. The van der Waals surface area contributed by atoms with Crippen LogP contribution in [0, 0.1) is 0 Å². The van der Waals surface area contributed by atoms with Gasteiger partial charge in [-0.05, 0) is 37.5 Å². The summed E-state index contributed by atoms with van der Waals surface area (Å²) in [6, 6.07) is 8.01. The van der Waals surface area contributed by atoms with Crippen LogP contribution in [0.5, 0.6) is 23.0 Å². The molecule has 0 aliphatic carbocycles. The lowest BCUT2D eigenvalue weighted by atomic mass is 10.00. The van der Waals surface area contributed by atoms with Gasteiger partial charge in [0.05, 0.1) is 21.3 Å². The second-order valence-electron chi connectivity index (χ2n) is 9.69. The number of aromatic hydroxyl groups is 1. The van der Waals surface area contributed by atoms with Gasteiger partial charge in [0.25, 0.3) is 0 Å². The zero-order chi connectivity index (χ0) is 27.3. The topological polar surface area (TPSA) is 98.4 Å². The van der Waals surface area contributed by atoms with Crippen molar-refractivity contribution in [3.05, 3.63) is 46.1 Å². The first-order valence-electron chi connectivity index (χ1n) is 13.7. The minimum Gasteiger partial charge on any atom is -0.504 e. The largest absolute Gasteiger partial charge is 0.504 e. The highest BCUT2D eigenvalue weighted by Gasteiger charge is 2.20. The fourth-order valence-corrected chi connectivity index (χ4v) is 4.93. The summed E-state index contributed by atoms with van der Waals surface area (Å²) in [5, 5.41) is 19.1. The standard InChI is InChI=1S/C31H42O7/c1-35-27-21-29-30(25(34)20-26(38-29)22-16-17-24(33)28(19-22)36-2)31(37-3)23(27)15-13-11-9-7-5-4-6-8-10-12-14-18-32/h16-17,19-21,32-33H,4-15,18H2,1-3H3. The summed E-state index contributed by atoms with van der Waals surface area (Å²) in [5.41, 5.74) is 1.68. The maximum absolute atomic E-state index is 13.2. The van der Waals surface area contributed by atoms with Crippen LogP contribution in [-0.2, 0) is 6.42 Å². The lowest BCUT2D eigenvalue weighted by molar-refractivity contribution is 0.282. The summed E-state index contributed by atoms with van der Waals surface area (Å²) >= 11 is 0. The summed E-state index contributed by atoms with van der Waals surface area (Å²) in [6.07, 6.45) is 13.6. The van der Waals surface area contributed by atoms with E-state index in [0.29, 0.717) is 46.1 Å². The molecule has 2 aromatic carbocycles. The van der Waals surface area contributed by atoms with E-state index in [9.17, 15) is 9.90 Å². The molecule has 0 spiro atoms. The molecule has 1 heterocycles. The zero-order valence-electron chi connectivity index (χ0n) is 23.0. The Hall–Kier alpha value is -3.19. The van der Waals surface area contributed by atoms with Gasteiger partial charge in [0, 0.05) is 29.9 Å². The first-order chi connectivity index (χ1) is 18.5. The molecule has 3 rings (SSSR count). The molecule has 7 nitrogen and oxygen atoms in total. The summed E-state index contributed by atoms with van der Waals surface area (Å²) in [5.74, 6) is 1.81. The average molecular weight is 527 g/mol. The fraction of sp³-hybridized carbons (Fsp3) is 0.516. The highest BCUT2D eigenvalue weighted by molar-refractivity contribution is 5.88. The highest BCUT2D eigenvalue weighted by atomic mass is 16.5. The number of benzene rings is 2. The van der Waals surface area contributed by atoms with Gasteiger partial charge in [-0.2, -0.15) is 0 Å². The van der Waals surface area contributed by atoms with Crippen molar-refractivity contribution in [1.29, 1.82) is 0 Å². The molecule has 0 aliphatic heterocycles. The van der Waals surface area contributed by atoms with E-state index in [1.807, 2.05) is 0 Å². The molecule has 208 valence electrons. The van der Waals surface area contributed by atoms with Crippen LogP contribution in [0.1, 0.15) is 76.2 Å². The molecule has 3 aromatic rings. The van der Waals surface area contributed by atoms with Crippen molar-refractivity contribution in [2.24, 2.45) is 0 Å². The van der Waals surface area contributed by atoms with Crippen molar-refractivity contribution in [3.8, 4) is 34.3 Å². The third kappa shape index (κ3) is 7.67. The molecule has 0 saturated heterocycles. The number of hydrogen-bond acceptors (Lipinski definition) is 7. The Morgan fingerprint density at radius 2 is 1.34 bits per heavy atom. The first-order valence-corrected chi connectivity index (χ1v) is 13.7. The van der Waals surface area contributed by atoms with Gasteiger partial charge in [-0.3, -0.25) is 4.79 Å². The van der Waals surface area contributed by atoms with Gasteiger partial charge < -0.3 is 28.8 Å². The number of ether oxygens (including phenoxy) is 3. The predicted molar refractivity (Wildman–Crippen MR) is 151 cm³/mol. The average Bonchev–Trinajstić information content (AvgIpc) is 2.93. The van der Waals surface area contributed by atoms with Crippen LogP contribution in [0.25, 0.3) is 22.3 Å². The minimum atomic E-state index is -0.203. The number of phenolic OH excluding ortho intramolecular Hbond substituents is 1. The van der Waals surface area contributed by atoms with Crippen molar-refractivity contribution in [2.45, 2.75) is 77.0 Å². The molecule has 0 atom stereocenters. The smallest absolute Gasteiger partial charge is 0.197 e. The fourth-order valence-electron chi connectivity index (χ4n) is 4.93. The second kappa shape index (κ2) is 15.3. The summed E-state index contributed by atoms with van der Waals surface area (Å²) < 4.78 is 22.7. The number of phenols is 1. The van der Waals surface area contributed by atoms with Crippen molar-refractivity contribution >= 4 is 11.0 Å². The van der Waals surface area contributed by atoms with Gasteiger partial charge >= 0.3 is 0 Å². The molecule has 0 radical (unpaired) electrons. The maximum Gasteiger partial charge on any atom is 0.197 e. The molecule has 38 heavy (non-hydrogen) atoms. The maximum atomic E-state index is 13.2. The number of hydrogen-bond donors (Lipinski definition) is 2. The van der Waals surface area contributed by atoms with Crippen molar-refractivity contribution in [1.82, 2.24) is 0 Å². The molecule has 0 aliphatic rings. The van der Waals surface area contributed by atoms with Crippen molar-refractivity contribution < 1.29 is 28.8 Å². The monoisotopic (exact) mass is 526 g/mol. The molecule has 0 unspecified atom stereocenters. The van der Waals surface area contributed by atoms with E-state index in [0.717, 1.165) is 37.7 Å². The highest BCUT2D eigenvalue weighted by Crippen LogP contribution is 2.39. The van der Waals surface area contributed by atoms with E-state index in [2.05, 4.69) is 0 Å². The number of fused-ring (bicyclic) bond motifs is 1. The van der Waals surface area contributed by atoms with Crippen molar-refractivity contribution in [2.75, 3.05) is 27.9 Å². The molecule has 1 aromatic heterocycles. The zero-order valence-corrected chi connectivity index (χ0v) is 23.0. The quantitative estimate of drug-likeness (QED) is 0.182. The Morgan fingerprint density at radius 3 is 1.92 bits per heavy atom. The molecule has 0 amide bonds. The number of aliphatic hydroxyl groups is 1. The normalized spacial score (nSPS) is 11.2. The van der Waals surface area contributed by atoms with Crippen LogP contribution in [0.3, 0.4) is 0 Å². The minimum absolute atomic E-state index is 0.0117. The van der Waals surface area contributed by atoms with E-state index in [-0.39, 0.29) is 11.2 Å². The number of methoxy groups -OCH3 is 3. The molecular weight excluding hydrogens is 484 g/mol. The van der Waals surface area contributed by atoms with Crippen LogP contribution in [0.15, 0.2) is 39.5 Å². The first kappa shape index (κ1) is 29.4. The Morgan fingerprint density at radius 1 is 0.737 bits per heavy atom. The molecule has 0 bridgehead atoms. The number of unbranched alkanes of at least 4 members (excludes halogenated alkanes) is 10. The number of aliphatic hydroxyl groups excluding tert-OH is 1. The van der Waals surface area contributed by atoms with E-state index < -0.39 is 0 Å². The Kier molecular flexibility index (Phi) is 11.8. The van der Waals surface area contributed by atoms with E-state index >= 15 is 0 Å². The van der Waals surface area contributed by atoms with E-state index in [1.54, 1.807) is 32.4 Å².